The summed E-state index contributed by atoms with van der Waals surface area (Å²) in [5, 5.41) is 5.11. The maximum atomic E-state index is 12.6. The summed E-state index contributed by atoms with van der Waals surface area (Å²) < 4.78 is 10.7. The van der Waals surface area contributed by atoms with Gasteiger partial charge in [-0.25, -0.2) is 4.79 Å². The molecule has 2 aromatic rings. The number of rotatable bonds is 8. The van der Waals surface area contributed by atoms with Crippen molar-refractivity contribution in [3.63, 3.8) is 0 Å². The summed E-state index contributed by atoms with van der Waals surface area (Å²) in [6, 6.07) is 12.9. The van der Waals surface area contributed by atoms with Crippen molar-refractivity contribution in [3.8, 4) is 5.75 Å². The molecule has 0 spiro atoms. The molecule has 0 bridgehead atoms. The minimum Gasteiger partial charge on any atom is -0.484 e. The van der Waals surface area contributed by atoms with Gasteiger partial charge in [0.05, 0.1) is 5.56 Å². The molecule has 2 aromatic carbocycles. The second-order valence-corrected chi connectivity index (χ2v) is 8.52. The summed E-state index contributed by atoms with van der Waals surface area (Å²) in [6.45, 7) is 3.58. The number of nitrogens with one attached hydrogen (secondary N) is 2. The first-order valence-corrected chi connectivity index (χ1v) is 11.6. The van der Waals surface area contributed by atoms with Crippen LogP contribution in [0.2, 0.25) is 0 Å². The molecule has 2 atom stereocenters. The van der Waals surface area contributed by atoms with E-state index in [9.17, 15) is 19.2 Å². The fourth-order valence-electron chi connectivity index (χ4n) is 4.08. The van der Waals surface area contributed by atoms with Crippen LogP contribution in [0.15, 0.2) is 48.5 Å². The molecule has 1 saturated heterocycles. The topological polar surface area (TPSA) is 114 Å². The van der Waals surface area contributed by atoms with E-state index in [1.165, 1.54) is 19.2 Å². The first-order chi connectivity index (χ1) is 16.8. The molecule has 1 aliphatic heterocycles. The Hall–Kier alpha value is -3.88. The lowest BCUT2D eigenvalue weighted by atomic mass is 9.97. The number of esters is 1. The predicted molar refractivity (Wildman–Crippen MR) is 130 cm³/mol. The number of nitrogens with zero attached hydrogens (tertiary/aromatic N) is 1. The molecule has 3 rings (SSSR count). The van der Waals surface area contributed by atoms with Crippen molar-refractivity contribution in [1.82, 2.24) is 10.2 Å². The zero-order valence-electron chi connectivity index (χ0n) is 20.2. The Morgan fingerprint density at radius 3 is 2.09 bits per heavy atom. The molecule has 0 saturated carbocycles. The van der Waals surface area contributed by atoms with E-state index in [0.717, 1.165) is 19.3 Å². The Morgan fingerprint density at radius 2 is 1.49 bits per heavy atom. The van der Waals surface area contributed by atoms with Crippen molar-refractivity contribution in [1.29, 1.82) is 0 Å². The first kappa shape index (κ1) is 25.7. The number of benzene rings is 2. The third kappa shape index (κ3) is 7.05. The number of likely N-dealkylation sites (tertiary alicyclic amines) is 1. The van der Waals surface area contributed by atoms with E-state index in [0.29, 0.717) is 17.0 Å². The molecule has 2 N–H and O–H groups in total. The summed E-state index contributed by atoms with van der Waals surface area (Å²) >= 11 is 0. The van der Waals surface area contributed by atoms with Gasteiger partial charge in [0.1, 0.15) is 5.75 Å². The molecular weight excluding hydrogens is 450 g/mol. The summed E-state index contributed by atoms with van der Waals surface area (Å²) in [7, 11) is 1.53. The van der Waals surface area contributed by atoms with Crippen molar-refractivity contribution in [2.75, 3.05) is 25.6 Å². The van der Waals surface area contributed by atoms with Crippen LogP contribution in [0.4, 0.5) is 5.69 Å². The highest BCUT2D eigenvalue weighted by molar-refractivity contribution is 5.97. The van der Waals surface area contributed by atoms with Crippen LogP contribution in [0.1, 0.15) is 53.8 Å². The molecule has 186 valence electrons. The molecule has 9 nitrogen and oxygen atoms in total. The van der Waals surface area contributed by atoms with E-state index in [-0.39, 0.29) is 36.1 Å². The maximum Gasteiger partial charge on any atom is 0.338 e. The second kappa shape index (κ2) is 12.0. The SMILES string of the molecule is CNC(=O)c1ccc(NC(=O)COC(=O)c2ccc(OCC(=O)N3C(C)CCCC3C)cc2)cc1. The number of hydrogen-bond donors (Lipinski definition) is 2. The van der Waals surface area contributed by atoms with Gasteiger partial charge in [-0.05, 0) is 81.6 Å². The van der Waals surface area contributed by atoms with E-state index in [4.69, 9.17) is 9.47 Å². The van der Waals surface area contributed by atoms with Gasteiger partial charge in [-0.3, -0.25) is 14.4 Å². The third-order valence-corrected chi connectivity index (χ3v) is 5.93. The molecule has 1 heterocycles. The summed E-state index contributed by atoms with van der Waals surface area (Å²) in [6.07, 6.45) is 3.11. The Kier molecular flexibility index (Phi) is 8.83. The molecule has 3 amide bonds. The second-order valence-electron chi connectivity index (χ2n) is 8.52. The highest BCUT2D eigenvalue weighted by Crippen LogP contribution is 2.23. The quantitative estimate of drug-likeness (QED) is 0.561. The molecule has 35 heavy (non-hydrogen) atoms. The van der Waals surface area contributed by atoms with Gasteiger partial charge >= 0.3 is 5.97 Å². The van der Waals surface area contributed by atoms with Gasteiger partial charge in [0.2, 0.25) is 0 Å². The highest BCUT2D eigenvalue weighted by Gasteiger charge is 2.29. The van der Waals surface area contributed by atoms with Crippen LogP contribution < -0.4 is 15.4 Å². The van der Waals surface area contributed by atoms with E-state index in [1.54, 1.807) is 36.4 Å². The molecule has 0 radical (unpaired) electrons. The van der Waals surface area contributed by atoms with E-state index < -0.39 is 18.5 Å². The number of carbonyl (C=O) groups excluding carboxylic acids is 4. The van der Waals surface area contributed by atoms with Gasteiger partial charge in [-0.15, -0.1) is 0 Å². The van der Waals surface area contributed by atoms with Crippen LogP contribution in [-0.4, -0.2) is 60.9 Å². The standard InChI is InChI=1S/C26H31N3O6/c1-17-5-4-6-18(2)29(17)24(31)16-34-22-13-9-20(10-14-22)26(33)35-15-23(30)28-21-11-7-19(8-12-21)25(32)27-3/h7-14,17-18H,4-6,15-16H2,1-3H3,(H,27,32)(H,28,30). The number of ether oxygens (including phenoxy) is 2. The van der Waals surface area contributed by atoms with Crippen molar-refractivity contribution in [2.45, 2.75) is 45.2 Å². The third-order valence-electron chi connectivity index (χ3n) is 5.93. The molecule has 1 fully saturated rings. The van der Waals surface area contributed by atoms with Crippen molar-refractivity contribution in [2.24, 2.45) is 0 Å². The highest BCUT2D eigenvalue weighted by atomic mass is 16.5. The normalized spacial score (nSPS) is 17.3. The van der Waals surface area contributed by atoms with Crippen LogP contribution >= 0.6 is 0 Å². The first-order valence-electron chi connectivity index (χ1n) is 11.6. The molecule has 0 aromatic heterocycles. The fraction of sp³-hybridized carbons (Fsp3) is 0.385. The summed E-state index contributed by atoms with van der Waals surface area (Å²) in [5.74, 6) is -0.988. The lowest BCUT2D eigenvalue weighted by Crippen LogP contribution is -2.49. The van der Waals surface area contributed by atoms with Crippen LogP contribution in [0, 0.1) is 0 Å². The zero-order chi connectivity index (χ0) is 25.4. The molecular formula is C26H31N3O6. The van der Waals surface area contributed by atoms with E-state index in [1.807, 2.05) is 4.90 Å². The van der Waals surface area contributed by atoms with Crippen LogP contribution in [0.5, 0.6) is 5.75 Å². The average molecular weight is 482 g/mol. The molecule has 0 aliphatic carbocycles. The zero-order valence-corrected chi connectivity index (χ0v) is 20.2. The van der Waals surface area contributed by atoms with Gasteiger partial charge < -0.3 is 25.0 Å². The maximum absolute atomic E-state index is 12.6. The lowest BCUT2D eigenvalue weighted by Gasteiger charge is -2.38. The van der Waals surface area contributed by atoms with Gasteiger partial charge in [0, 0.05) is 30.4 Å². The van der Waals surface area contributed by atoms with Crippen LogP contribution in [0.3, 0.4) is 0 Å². The largest absolute Gasteiger partial charge is 0.484 e. The number of carbonyl (C=O) groups is 4. The van der Waals surface area contributed by atoms with E-state index >= 15 is 0 Å². The Morgan fingerprint density at radius 1 is 0.886 bits per heavy atom. The lowest BCUT2D eigenvalue weighted by molar-refractivity contribution is -0.139. The molecule has 9 heteroatoms. The smallest absolute Gasteiger partial charge is 0.338 e. The number of piperidine rings is 1. The molecule has 1 aliphatic rings. The minimum atomic E-state index is -0.659. The number of amides is 3. The van der Waals surface area contributed by atoms with Gasteiger partial charge in [0.15, 0.2) is 13.2 Å². The monoisotopic (exact) mass is 481 g/mol. The van der Waals surface area contributed by atoms with Gasteiger partial charge in [0.25, 0.3) is 17.7 Å². The Bertz CT molecular complexity index is 1040. The Labute approximate surface area is 204 Å². The fourth-order valence-corrected chi connectivity index (χ4v) is 4.08. The van der Waals surface area contributed by atoms with Crippen molar-refractivity contribution in [3.05, 3.63) is 59.7 Å². The van der Waals surface area contributed by atoms with Crippen LogP contribution in [-0.2, 0) is 14.3 Å². The number of anilines is 1. The Balaban J connectivity index is 1.44. The summed E-state index contributed by atoms with van der Waals surface area (Å²) in [5.41, 5.74) is 1.19. The van der Waals surface area contributed by atoms with Crippen LogP contribution in [0.25, 0.3) is 0 Å². The van der Waals surface area contributed by atoms with Crippen molar-refractivity contribution < 1.29 is 28.7 Å². The number of hydrogen-bond acceptors (Lipinski definition) is 6. The summed E-state index contributed by atoms with van der Waals surface area (Å²) in [4.78, 5) is 50.4. The predicted octanol–water partition coefficient (Wildman–Crippen LogP) is 3.01. The van der Waals surface area contributed by atoms with Gasteiger partial charge in [-0.2, -0.15) is 0 Å². The molecule has 2 unspecified atom stereocenters. The average Bonchev–Trinajstić information content (AvgIpc) is 2.86. The van der Waals surface area contributed by atoms with E-state index in [2.05, 4.69) is 24.5 Å². The minimum absolute atomic E-state index is 0.0533. The van der Waals surface area contributed by atoms with Crippen molar-refractivity contribution >= 4 is 29.4 Å². The van der Waals surface area contributed by atoms with Gasteiger partial charge in [-0.1, -0.05) is 0 Å².